The highest BCUT2D eigenvalue weighted by Gasteiger charge is 2.19. The minimum absolute atomic E-state index is 0.267. The van der Waals surface area contributed by atoms with E-state index in [9.17, 15) is 4.79 Å². The van der Waals surface area contributed by atoms with Gasteiger partial charge in [0, 0.05) is 0 Å². The van der Waals surface area contributed by atoms with Crippen molar-refractivity contribution in [1.82, 2.24) is 5.32 Å². The summed E-state index contributed by atoms with van der Waals surface area (Å²) in [7, 11) is 0. The van der Waals surface area contributed by atoms with E-state index in [2.05, 4.69) is 12.2 Å². The van der Waals surface area contributed by atoms with E-state index in [0.717, 1.165) is 18.4 Å². The predicted molar refractivity (Wildman–Crippen MR) is 73.2 cm³/mol. The van der Waals surface area contributed by atoms with Crippen LogP contribution in [0.2, 0.25) is 0 Å². The standard InChI is InChI=1S/C15H23NO3/c1-10-4-3-5-12(6-10)8-16-9-13-7-14(15(17)18)11(2)19-13/h7,10,12,16H,3-6,8-9H2,1-2H3,(H,17,18). The summed E-state index contributed by atoms with van der Waals surface area (Å²) in [6, 6.07) is 1.62. The molecule has 4 nitrogen and oxygen atoms in total. The summed E-state index contributed by atoms with van der Waals surface area (Å²) < 4.78 is 5.44. The minimum atomic E-state index is -0.923. The maximum Gasteiger partial charge on any atom is 0.339 e. The maximum atomic E-state index is 10.9. The van der Waals surface area contributed by atoms with Gasteiger partial charge < -0.3 is 14.8 Å². The van der Waals surface area contributed by atoms with E-state index in [4.69, 9.17) is 9.52 Å². The highest BCUT2D eigenvalue weighted by atomic mass is 16.4. The lowest BCUT2D eigenvalue weighted by atomic mass is 9.82. The third-order valence-corrected chi connectivity index (χ3v) is 3.98. The Bertz CT molecular complexity index is 439. The molecule has 1 heterocycles. The molecule has 0 aromatic carbocycles. The number of hydrogen-bond acceptors (Lipinski definition) is 3. The summed E-state index contributed by atoms with van der Waals surface area (Å²) in [5.74, 6) is 1.85. The zero-order chi connectivity index (χ0) is 13.8. The number of hydrogen-bond donors (Lipinski definition) is 2. The van der Waals surface area contributed by atoms with Gasteiger partial charge in [-0.15, -0.1) is 0 Å². The number of nitrogens with one attached hydrogen (secondary N) is 1. The molecular weight excluding hydrogens is 242 g/mol. The van der Waals surface area contributed by atoms with Crippen molar-refractivity contribution in [2.45, 2.75) is 46.1 Å². The van der Waals surface area contributed by atoms with Gasteiger partial charge in [-0.1, -0.05) is 19.8 Å². The molecule has 0 amide bonds. The first kappa shape index (κ1) is 14.1. The zero-order valence-corrected chi connectivity index (χ0v) is 11.7. The second-order valence-electron chi connectivity index (χ2n) is 5.76. The average Bonchev–Trinajstić information content (AvgIpc) is 2.71. The molecule has 2 atom stereocenters. The van der Waals surface area contributed by atoms with E-state index in [1.54, 1.807) is 13.0 Å². The first-order valence-electron chi connectivity index (χ1n) is 7.09. The van der Waals surface area contributed by atoms with Gasteiger partial charge in [0.05, 0.1) is 6.54 Å². The molecule has 4 heteroatoms. The van der Waals surface area contributed by atoms with Gasteiger partial charge in [-0.25, -0.2) is 4.79 Å². The first-order valence-corrected chi connectivity index (χ1v) is 7.09. The first-order chi connectivity index (χ1) is 9.06. The van der Waals surface area contributed by atoms with Gasteiger partial charge in [0.1, 0.15) is 17.1 Å². The van der Waals surface area contributed by atoms with Crippen LogP contribution in [0.15, 0.2) is 10.5 Å². The highest BCUT2D eigenvalue weighted by Crippen LogP contribution is 2.28. The SMILES string of the molecule is Cc1oc(CNCC2CCCC(C)C2)cc1C(=O)O. The monoisotopic (exact) mass is 265 g/mol. The summed E-state index contributed by atoms with van der Waals surface area (Å²) >= 11 is 0. The van der Waals surface area contributed by atoms with Gasteiger partial charge in [0.15, 0.2) is 0 Å². The number of furan rings is 1. The Labute approximate surface area is 114 Å². The lowest BCUT2D eigenvalue weighted by Gasteiger charge is -2.26. The van der Waals surface area contributed by atoms with Crippen molar-refractivity contribution < 1.29 is 14.3 Å². The Balaban J connectivity index is 1.79. The molecule has 2 N–H and O–H groups in total. The molecule has 0 radical (unpaired) electrons. The van der Waals surface area contributed by atoms with Gasteiger partial charge in [-0.2, -0.15) is 0 Å². The summed E-state index contributed by atoms with van der Waals surface area (Å²) in [4.78, 5) is 10.9. The van der Waals surface area contributed by atoms with Gasteiger partial charge >= 0.3 is 5.97 Å². The second kappa shape index (κ2) is 6.24. The summed E-state index contributed by atoms with van der Waals surface area (Å²) in [6.07, 6.45) is 5.28. The predicted octanol–water partition coefficient (Wildman–Crippen LogP) is 3.20. The van der Waals surface area contributed by atoms with Gasteiger partial charge in [0.25, 0.3) is 0 Å². The molecule has 2 rings (SSSR count). The Kier molecular flexibility index (Phi) is 4.64. The van der Waals surface area contributed by atoms with Gasteiger partial charge in [-0.3, -0.25) is 0 Å². The third kappa shape index (κ3) is 3.83. The summed E-state index contributed by atoms with van der Waals surface area (Å²) in [6.45, 7) is 5.61. The van der Waals surface area contributed by atoms with Crippen molar-refractivity contribution in [3.05, 3.63) is 23.2 Å². The van der Waals surface area contributed by atoms with E-state index < -0.39 is 5.97 Å². The second-order valence-corrected chi connectivity index (χ2v) is 5.76. The van der Waals surface area contributed by atoms with E-state index in [-0.39, 0.29) is 5.56 Å². The zero-order valence-electron chi connectivity index (χ0n) is 11.7. The number of carboxylic acids is 1. The molecule has 1 fully saturated rings. The molecule has 106 valence electrons. The third-order valence-electron chi connectivity index (χ3n) is 3.98. The summed E-state index contributed by atoms with van der Waals surface area (Å²) in [5.41, 5.74) is 0.267. The van der Waals surface area contributed by atoms with Gasteiger partial charge in [-0.05, 0) is 44.2 Å². The van der Waals surface area contributed by atoms with Crippen LogP contribution in [0.4, 0.5) is 0 Å². The Morgan fingerprint density at radius 1 is 1.53 bits per heavy atom. The fraction of sp³-hybridized carbons (Fsp3) is 0.667. The molecule has 1 aliphatic rings. The van der Waals surface area contributed by atoms with Crippen LogP contribution in [0, 0.1) is 18.8 Å². The molecule has 19 heavy (non-hydrogen) atoms. The van der Waals surface area contributed by atoms with Crippen LogP contribution in [0.3, 0.4) is 0 Å². The van der Waals surface area contributed by atoms with Crippen LogP contribution in [-0.2, 0) is 6.54 Å². The maximum absolute atomic E-state index is 10.9. The van der Waals surface area contributed by atoms with Crippen molar-refractivity contribution in [1.29, 1.82) is 0 Å². The van der Waals surface area contributed by atoms with Crippen LogP contribution in [0.5, 0.6) is 0 Å². The van der Waals surface area contributed by atoms with Crippen molar-refractivity contribution in [3.8, 4) is 0 Å². The van der Waals surface area contributed by atoms with Gasteiger partial charge in [0.2, 0.25) is 0 Å². The van der Waals surface area contributed by atoms with Crippen molar-refractivity contribution >= 4 is 5.97 Å². The molecule has 0 aliphatic heterocycles. The smallest absolute Gasteiger partial charge is 0.339 e. The molecule has 2 unspecified atom stereocenters. The summed E-state index contributed by atoms with van der Waals surface area (Å²) in [5, 5.41) is 12.3. The molecule has 1 aromatic rings. The average molecular weight is 265 g/mol. The molecule has 0 spiro atoms. The highest BCUT2D eigenvalue weighted by molar-refractivity contribution is 5.88. The van der Waals surface area contributed by atoms with Crippen molar-refractivity contribution in [3.63, 3.8) is 0 Å². The Morgan fingerprint density at radius 2 is 2.32 bits per heavy atom. The lowest BCUT2D eigenvalue weighted by Crippen LogP contribution is -2.26. The number of carboxylic acid groups (broad SMARTS) is 1. The Hall–Kier alpha value is -1.29. The number of aryl methyl sites for hydroxylation is 1. The van der Waals surface area contributed by atoms with E-state index in [1.165, 1.54) is 25.7 Å². The largest absolute Gasteiger partial charge is 0.478 e. The molecule has 0 saturated heterocycles. The molecule has 1 aromatic heterocycles. The number of carbonyl (C=O) groups is 1. The van der Waals surface area contributed by atoms with E-state index >= 15 is 0 Å². The van der Waals surface area contributed by atoms with Crippen molar-refractivity contribution in [2.24, 2.45) is 11.8 Å². The van der Waals surface area contributed by atoms with Crippen LogP contribution in [0.25, 0.3) is 0 Å². The minimum Gasteiger partial charge on any atom is -0.478 e. The topological polar surface area (TPSA) is 62.5 Å². The molecule has 1 aliphatic carbocycles. The fourth-order valence-corrected chi connectivity index (χ4v) is 2.99. The van der Waals surface area contributed by atoms with Crippen LogP contribution < -0.4 is 5.32 Å². The normalized spacial score (nSPS) is 23.5. The number of rotatable bonds is 5. The molecule has 0 bridgehead atoms. The quantitative estimate of drug-likeness (QED) is 0.858. The van der Waals surface area contributed by atoms with Crippen LogP contribution in [-0.4, -0.2) is 17.6 Å². The van der Waals surface area contributed by atoms with Crippen LogP contribution in [0.1, 0.15) is 54.5 Å². The lowest BCUT2D eigenvalue weighted by molar-refractivity contribution is 0.0695. The molecular formula is C15H23NO3. The van der Waals surface area contributed by atoms with Crippen molar-refractivity contribution in [2.75, 3.05) is 6.54 Å². The fourth-order valence-electron chi connectivity index (χ4n) is 2.99. The molecule has 1 saturated carbocycles. The van der Waals surface area contributed by atoms with E-state index in [1.807, 2.05) is 0 Å². The Morgan fingerprint density at radius 3 is 2.95 bits per heavy atom. The number of aromatic carboxylic acids is 1. The van der Waals surface area contributed by atoms with E-state index in [0.29, 0.717) is 18.1 Å². The van der Waals surface area contributed by atoms with Crippen LogP contribution >= 0.6 is 0 Å².